The van der Waals surface area contributed by atoms with Crippen molar-refractivity contribution in [2.24, 2.45) is 5.92 Å². The van der Waals surface area contributed by atoms with E-state index in [1.54, 1.807) is 0 Å². The number of thioether (sulfide) groups is 1. The van der Waals surface area contributed by atoms with Gasteiger partial charge in [0.2, 0.25) is 0 Å². The molecule has 6 nitrogen and oxygen atoms in total. The third kappa shape index (κ3) is 5.41. The number of carbonyl (C=O) groups is 2. The minimum atomic E-state index is -1.01. The fourth-order valence-electron chi connectivity index (χ4n) is 3.09. The number of carboxylic acid groups (broad SMARTS) is 1. The van der Waals surface area contributed by atoms with Crippen LogP contribution in [-0.2, 0) is 4.79 Å². The number of nitrogens with zero attached hydrogens (tertiary/aromatic N) is 2. The molecule has 0 saturated heterocycles. The highest BCUT2D eigenvalue weighted by molar-refractivity contribution is 8.01. The van der Waals surface area contributed by atoms with E-state index in [2.05, 4.69) is 10.3 Å². The molecular weight excluding hydrogens is 408 g/mol. The van der Waals surface area contributed by atoms with Gasteiger partial charge in [0, 0.05) is 18.3 Å². The quantitative estimate of drug-likeness (QED) is 0.619. The minimum Gasteiger partial charge on any atom is -0.481 e. The number of hydrogen-bond acceptors (Lipinski definition) is 5. The molecule has 0 radical (unpaired) electrons. The molecule has 2 N–H and O–H groups in total. The lowest BCUT2D eigenvalue weighted by molar-refractivity contribution is -0.133. The fourth-order valence-corrected chi connectivity index (χ4v) is 4.67. The Morgan fingerprint density at radius 1 is 1.29 bits per heavy atom. The number of urea groups is 1. The molecule has 0 atom stereocenters. The van der Waals surface area contributed by atoms with Crippen LogP contribution in [0.3, 0.4) is 0 Å². The molecular formula is C18H19F2N3O3S2. The molecule has 1 aliphatic carbocycles. The number of aliphatic carboxylic acids is 1. The Balaban J connectivity index is 1.74. The Morgan fingerprint density at radius 3 is 2.71 bits per heavy atom. The average Bonchev–Trinajstić information content (AvgIpc) is 3.32. The van der Waals surface area contributed by atoms with Crippen molar-refractivity contribution >= 4 is 45.9 Å². The molecule has 1 aliphatic rings. The Kier molecular flexibility index (Phi) is 6.84. The molecule has 2 amide bonds. The molecule has 1 saturated carbocycles. The zero-order chi connectivity index (χ0) is 20.1. The summed E-state index contributed by atoms with van der Waals surface area (Å²) >= 11 is 2.27. The largest absolute Gasteiger partial charge is 0.481 e. The summed E-state index contributed by atoms with van der Waals surface area (Å²) in [5.74, 6) is -2.71. The summed E-state index contributed by atoms with van der Waals surface area (Å²) < 4.78 is 27.7. The Hall–Kier alpha value is -2.20. The summed E-state index contributed by atoms with van der Waals surface area (Å²) in [7, 11) is 0. The van der Waals surface area contributed by atoms with Gasteiger partial charge in [-0.1, -0.05) is 24.2 Å². The van der Waals surface area contributed by atoms with Crippen molar-refractivity contribution in [2.45, 2.75) is 29.9 Å². The van der Waals surface area contributed by atoms with Gasteiger partial charge in [-0.15, -0.1) is 11.8 Å². The van der Waals surface area contributed by atoms with E-state index < -0.39 is 23.6 Å². The second-order valence-corrected chi connectivity index (χ2v) is 8.76. The van der Waals surface area contributed by atoms with Gasteiger partial charge in [0.25, 0.3) is 0 Å². The number of anilines is 2. The third-order valence-corrected chi connectivity index (χ3v) is 6.50. The normalized spacial score (nSPS) is 14.2. The Morgan fingerprint density at radius 2 is 2.04 bits per heavy atom. The first kappa shape index (κ1) is 20.5. The van der Waals surface area contributed by atoms with E-state index in [1.165, 1.54) is 17.2 Å². The van der Waals surface area contributed by atoms with Gasteiger partial charge in [-0.3, -0.25) is 15.0 Å². The molecule has 10 heteroatoms. The highest BCUT2D eigenvalue weighted by Crippen LogP contribution is 2.30. The molecule has 1 aromatic heterocycles. The first-order valence-corrected chi connectivity index (χ1v) is 10.6. The smallest absolute Gasteiger partial charge is 0.328 e. The van der Waals surface area contributed by atoms with E-state index >= 15 is 0 Å². The molecule has 0 spiro atoms. The molecule has 0 unspecified atom stereocenters. The summed E-state index contributed by atoms with van der Waals surface area (Å²) in [6.45, 7) is 0.406. The van der Waals surface area contributed by atoms with Gasteiger partial charge in [-0.25, -0.2) is 18.6 Å². The summed E-state index contributed by atoms with van der Waals surface area (Å²) in [5, 5.41) is 11.7. The number of nitrogens with one attached hydrogen (secondary N) is 1. The van der Waals surface area contributed by atoms with Gasteiger partial charge >= 0.3 is 12.0 Å². The van der Waals surface area contributed by atoms with Crippen molar-refractivity contribution in [3.05, 3.63) is 36.0 Å². The van der Waals surface area contributed by atoms with Crippen LogP contribution in [0.25, 0.3) is 0 Å². The van der Waals surface area contributed by atoms with Crippen molar-refractivity contribution < 1.29 is 23.5 Å². The van der Waals surface area contributed by atoms with Crippen LogP contribution in [0.5, 0.6) is 0 Å². The standard InChI is InChI=1S/C18H19F2N3O3S2/c19-13-6-5-12(7-14(13)20)23(9-11-3-1-2-4-11)18(26)22-17-21-8-16(28-17)27-10-15(24)25/h5-8,11H,1-4,9-10H2,(H,24,25)(H,21,22,26). The highest BCUT2D eigenvalue weighted by Gasteiger charge is 2.24. The van der Waals surface area contributed by atoms with E-state index in [-0.39, 0.29) is 11.4 Å². The first-order chi connectivity index (χ1) is 13.4. The second-order valence-electron chi connectivity index (χ2n) is 6.46. The third-order valence-electron chi connectivity index (χ3n) is 4.41. The van der Waals surface area contributed by atoms with Gasteiger partial charge < -0.3 is 5.11 Å². The van der Waals surface area contributed by atoms with Crippen molar-refractivity contribution in [1.29, 1.82) is 0 Å². The number of halogens is 2. The molecule has 0 aliphatic heterocycles. The van der Waals surface area contributed by atoms with Crippen LogP contribution in [-0.4, -0.2) is 34.4 Å². The maximum Gasteiger partial charge on any atom is 0.328 e. The van der Waals surface area contributed by atoms with Gasteiger partial charge in [-0.2, -0.15) is 0 Å². The topological polar surface area (TPSA) is 82.5 Å². The Labute approximate surface area is 169 Å². The molecule has 1 fully saturated rings. The summed E-state index contributed by atoms with van der Waals surface area (Å²) in [6, 6.07) is 2.91. The van der Waals surface area contributed by atoms with E-state index in [4.69, 9.17) is 5.11 Å². The fraction of sp³-hybridized carbons (Fsp3) is 0.389. The molecule has 3 rings (SSSR count). The maximum atomic E-state index is 13.7. The Bertz CT molecular complexity index is 856. The van der Waals surface area contributed by atoms with Crippen LogP contribution in [0.4, 0.5) is 24.4 Å². The molecule has 0 bridgehead atoms. The van der Waals surface area contributed by atoms with Crippen LogP contribution in [0.2, 0.25) is 0 Å². The number of thiazole rings is 1. The number of hydrogen-bond donors (Lipinski definition) is 2. The van der Waals surface area contributed by atoms with Crippen molar-refractivity contribution in [1.82, 2.24) is 4.98 Å². The zero-order valence-corrected chi connectivity index (χ0v) is 16.5. The van der Waals surface area contributed by atoms with Crippen molar-refractivity contribution in [2.75, 3.05) is 22.5 Å². The van der Waals surface area contributed by atoms with E-state index in [9.17, 15) is 18.4 Å². The van der Waals surface area contributed by atoms with Crippen LogP contribution >= 0.6 is 23.1 Å². The predicted molar refractivity (Wildman–Crippen MR) is 105 cm³/mol. The predicted octanol–water partition coefficient (Wildman–Crippen LogP) is 4.83. The van der Waals surface area contributed by atoms with Gasteiger partial charge in [-0.05, 0) is 30.9 Å². The molecule has 28 heavy (non-hydrogen) atoms. The number of aromatic nitrogens is 1. The molecule has 1 aromatic carbocycles. The minimum absolute atomic E-state index is 0.0990. The van der Waals surface area contributed by atoms with Gasteiger partial charge in [0.15, 0.2) is 16.8 Å². The number of carbonyl (C=O) groups excluding carboxylic acids is 1. The van der Waals surface area contributed by atoms with Crippen LogP contribution < -0.4 is 10.2 Å². The highest BCUT2D eigenvalue weighted by atomic mass is 32.2. The van der Waals surface area contributed by atoms with E-state index in [0.29, 0.717) is 21.8 Å². The second kappa shape index (κ2) is 9.33. The zero-order valence-electron chi connectivity index (χ0n) is 14.9. The maximum absolute atomic E-state index is 13.7. The number of benzene rings is 1. The van der Waals surface area contributed by atoms with Crippen LogP contribution in [0.1, 0.15) is 25.7 Å². The lowest BCUT2D eigenvalue weighted by Gasteiger charge is -2.25. The monoisotopic (exact) mass is 427 g/mol. The SMILES string of the molecule is O=C(O)CSc1cnc(NC(=O)N(CC2CCCC2)c2ccc(F)c(F)c2)s1. The summed E-state index contributed by atoms with van der Waals surface area (Å²) in [4.78, 5) is 29.0. The number of carboxylic acids is 1. The average molecular weight is 427 g/mol. The molecule has 2 aromatic rings. The van der Waals surface area contributed by atoms with Gasteiger partial charge in [0.1, 0.15) is 0 Å². The van der Waals surface area contributed by atoms with Crippen molar-refractivity contribution in [3.8, 4) is 0 Å². The number of rotatable bonds is 7. The summed E-state index contributed by atoms with van der Waals surface area (Å²) in [5.41, 5.74) is 0.278. The lowest BCUT2D eigenvalue weighted by atomic mass is 10.1. The number of amides is 2. The lowest BCUT2D eigenvalue weighted by Crippen LogP contribution is -2.38. The van der Waals surface area contributed by atoms with Gasteiger partial charge in [0.05, 0.1) is 16.2 Å². The van der Waals surface area contributed by atoms with Crippen molar-refractivity contribution in [3.63, 3.8) is 0 Å². The van der Waals surface area contributed by atoms with Crippen LogP contribution in [0.15, 0.2) is 28.6 Å². The van der Waals surface area contributed by atoms with E-state index in [1.807, 2.05) is 0 Å². The molecule has 1 heterocycles. The first-order valence-electron chi connectivity index (χ1n) is 8.76. The summed E-state index contributed by atoms with van der Waals surface area (Å²) in [6.07, 6.45) is 5.65. The van der Waals surface area contributed by atoms with Crippen LogP contribution in [0, 0.1) is 17.6 Å². The molecule has 150 valence electrons. The van der Waals surface area contributed by atoms with E-state index in [0.717, 1.165) is 60.9 Å².